The quantitative estimate of drug-likeness (QED) is 0.718. The topological polar surface area (TPSA) is 64.8 Å². The van der Waals surface area contributed by atoms with Crippen LogP contribution < -0.4 is 10.5 Å². The van der Waals surface area contributed by atoms with E-state index >= 15 is 0 Å². The molecule has 1 aliphatic heterocycles. The molecule has 0 saturated carbocycles. The summed E-state index contributed by atoms with van der Waals surface area (Å²) in [6, 6.07) is 18.5. The molecule has 2 aromatic carbocycles. The fourth-order valence-electron chi connectivity index (χ4n) is 3.76. The van der Waals surface area contributed by atoms with Crippen molar-refractivity contribution in [1.82, 2.24) is 4.90 Å². The van der Waals surface area contributed by atoms with Gasteiger partial charge in [0.05, 0.1) is 7.11 Å². The van der Waals surface area contributed by atoms with Crippen LogP contribution in [0.15, 0.2) is 54.6 Å². The van der Waals surface area contributed by atoms with Crippen molar-refractivity contribution >= 4 is 18.4 Å². The standard InChI is InChI=1S/C22H28N2O3.ClH/c1-16(22(25)26-2)27-20-10-8-17(9-11-20)13-24-14-19(12-23)21(15-24)18-6-4-3-5-7-18;/h3-11,16,19,21H,12-15,23H2,1-2H3;1H/t16?,19-,21+;/m1./s1. The normalized spacial score (nSPS) is 20.2. The van der Waals surface area contributed by atoms with E-state index in [1.54, 1.807) is 6.92 Å². The van der Waals surface area contributed by atoms with Gasteiger partial charge in [0.2, 0.25) is 0 Å². The van der Waals surface area contributed by atoms with Crippen molar-refractivity contribution in [2.75, 3.05) is 26.7 Å². The van der Waals surface area contributed by atoms with Crippen LogP contribution in [0, 0.1) is 5.92 Å². The van der Waals surface area contributed by atoms with Crippen molar-refractivity contribution in [3.63, 3.8) is 0 Å². The van der Waals surface area contributed by atoms with Crippen molar-refractivity contribution in [2.45, 2.75) is 25.5 Å². The third-order valence-corrected chi connectivity index (χ3v) is 5.22. The summed E-state index contributed by atoms with van der Waals surface area (Å²) in [7, 11) is 1.36. The van der Waals surface area contributed by atoms with Gasteiger partial charge in [-0.3, -0.25) is 4.90 Å². The molecule has 152 valence electrons. The van der Waals surface area contributed by atoms with Crippen molar-refractivity contribution < 1.29 is 14.3 Å². The van der Waals surface area contributed by atoms with E-state index in [4.69, 9.17) is 10.5 Å². The molecule has 2 aromatic rings. The zero-order chi connectivity index (χ0) is 19.2. The number of ether oxygens (including phenoxy) is 2. The molecule has 2 N–H and O–H groups in total. The molecule has 1 fully saturated rings. The van der Waals surface area contributed by atoms with Gasteiger partial charge in [0.1, 0.15) is 5.75 Å². The smallest absolute Gasteiger partial charge is 0.346 e. The molecule has 0 bridgehead atoms. The minimum Gasteiger partial charge on any atom is -0.479 e. The van der Waals surface area contributed by atoms with Crippen LogP contribution in [0.3, 0.4) is 0 Å². The molecule has 5 nitrogen and oxygen atoms in total. The summed E-state index contributed by atoms with van der Waals surface area (Å²) in [5, 5.41) is 0. The summed E-state index contributed by atoms with van der Waals surface area (Å²) >= 11 is 0. The second kappa shape index (κ2) is 10.5. The molecule has 0 radical (unpaired) electrons. The lowest BCUT2D eigenvalue weighted by molar-refractivity contribution is -0.147. The molecule has 0 amide bonds. The Hall–Kier alpha value is -2.08. The van der Waals surface area contributed by atoms with Crippen molar-refractivity contribution in [3.8, 4) is 5.75 Å². The monoisotopic (exact) mass is 404 g/mol. The Labute approximate surface area is 173 Å². The van der Waals surface area contributed by atoms with Gasteiger partial charge in [-0.05, 0) is 42.6 Å². The highest BCUT2D eigenvalue weighted by Gasteiger charge is 2.32. The molecule has 1 saturated heterocycles. The minimum atomic E-state index is -0.614. The average Bonchev–Trinajstić information content (AvgIpc) is 3.12. The van der Waals surface area contributed by atoms with E-state index in [2.05, 4.69) is 40.0 Å². The van der Waals surface area contributed by atoms with Crippen molar-refractivity contribution in [2.24, 2.45) is 11.7 Å². The van der Waals surface area contributed by atoms with E-state index in [0.717, 1.165) is 19.6 Å². The molecule has 28 heavy (non-hydrogen) atoms. The summed E-state index contributed by atoms with van der Waals surface area (Å²) < 4.78 is 10.3. The van der Waals surface area contributed by atoms with Crippen LogP contribution in [-0.2, 0) is 16.1 Å². The highest BCUT2D eigenvalue weighted by molar-refractivity contribution is 5.85. The SMILES string of the molecule is COC(=O)C(C)Oc1ccc(CN2C[C@@H](CN)[C@H](c3ccccc3)C2)cc1.Cl. The highest BCUT2D eigenvalue weighted by Crippen LogP contribution is 2.32. The van der Waals surface area contributed by atoms with Gasteiger partial charge in [-0.1, -0.05) is 42.5 Å². The van der Waals surface area contributed by atoms with Gasteiger partial charge in [0.15, 0.2) is 6.10 Å². The molecule has 3 rings (SSSR count). The summed E-state index contributed by atoms with van der Waals surface area (Å²) in [6.45, 7) is 5.29. The van der Waals surface area contributed by atoms with Crippen molar-refractivity contribution in [1.29, 1.82) is 0 Å². The zero-order valence-electron chi connectivity index (χ0n) is 16.4. The molecule has 6 heteroatoms. The van der Waals surface area contributed by atoms with E-state index in [1.807, 2.05) is 24.3 Å². The fourth-order valence-corrected chi connectivity index (χ4v) is 3.76. The second-order valence-electron chi connectivity index (χ2n) is 7.13. The Morgan fingerprint density at radius 3 is 2.43 bits per heavy atom. The third kappa shape index (κ3) is 5.47. The molecule has 1 unspecified atom stereocenters. The summed E-state index contributed by atoms with van der Waals surface area (Å²) in [6.07, 6.45) is -0.614. The van der Waals surface area contributed by atoms with Gasteiger partial charge in [-0.15, -0.1) is 12.4 Å². The number of likely N-dealkylation sites (tertiary alicyclic amines) is 1. The summed E-state index contributed by atoms with van der Waals surface area (Å²) in [5.41, 5.74) is 8.63. The molecule has 1 heterocycles. The van der Waals surface area contributed by atoms with Gasteiger partial charge in [-0.25, -0.2) is 4.79 Å². The molecule has 3 atom stereocenters. The molecule has 0 spiro atoms. The number of nitrogens with zero attached hydrogens (tertiary/aromatic N) is 1. The van der Waals surface area contributed by atoms with Gasteiger partial charge >= 0.3 is 5.97 Å². The number of benzene rings is 2. The summed E-state index contributed by atoms with van der Waals surface area (Å²) in [5.74, 6) is 1.26. The molecule has 0 aliphatic carbocycles. The van der Waals surface area contributed by atoms with Gasteiger partial charge < -0.3 is 15.2 Å². The first-order valence-corrected chi connectivity index (χ1v) is 9.41. The van der Waals surface area contributed by atoms with Gasteiger partial charge in [0.25, 0.3) is 0 Å². The number of hydrogen-bond acceptors (Lipinski definition) is 5. The number of methoxy groups -OCH3 is 1. The van der Waals surface area contributed by atoms with Crippen LogP contribution in [0.5, 0.6) is 5.75 Å². The number of carbonyl (C=O) groups excluding carboxylic acids is 1. The van der Waals surface area contributed by atoms with E-state index in [1.165, 1.54) is 18.2 Å². The zero-order valence-corrected chi connectivity index (χ0v) is 17.2. The van der Waals surface area contributed by atoms with Crippen LogP contribution in [-0.4, -0.2) is 43.7 Å². The number of hydrogen-bond donors (Lipinski definition) is 1. The summed E-state index contributed by atoms with van der Waals surface area (Å²) in [4.78, 5) is 13.9. The van der Waals surface area contributed by atoms with Crippen LogP contribution in [0.1, 0.15) is 24.0 Å². The molecular weight excluding hydrogens is 376 g/mol. The van der Waals surface area contributed by atoms with E-state index in [-0.39, 0.29) is 18.4 Å². The maximum absolute atomic E-state index is 11.5. The number of rotatable bonds is 7. The first-order chi connectivity index (χ1) is 13.1. The lowest BCUT2D eigenvalue weighted by Crippen LogP contribution is -2.25. The molecular formula is C22H29ClN2O3. The Balaban J connectivity index is 0.00000280. The number of nitrogens with two attached hydrogens (primary N) is 1. The Kier molecular flexibility index (Phi) is 8.30. The maximum atomic E-state index is 11.5. The van der Waals surface area contributed by atoms with Gasteiger partial charge in [0, 0.05) is 25.6 Å². The first kappa shape index (κ1) is 22.2. The van der Waals surface area contributed by atoms with Crippen LogP contribution in [0.4, 0.5) is 0 Å². The van der Waals surface area contributed by atoms with E-state index < -0.39 is 6.10 Å². The average molecular weight is 405 g/mol. The second-order valence-corrected chi connectivity index (χ2v) is 7.13. The van der Waals surface area contributed by atoms with Gasteiger partial charge in [-0.2, -0.15) is 0 Å². The van der Waals surface area contributed by atoms with E-state index in [0.29, 0.717) is 24.1 Å². The predicted octanol–water partition coefficient (Wildman–Crippen LogP) is 3.22. The lowest BCUT2D eigenvalue weighted by Gasteiger charge is -2.17. The number of esters is 1. The fraction of sp³-hybridized carbons (Fsp3) is 0.409. The Morgan fingerprint density at radius 1 is 1.14 bits per heavy atom. The Morgan fingerprint density at radius 2 is 1.82 bits per heavy atom. The first-order valence-electron chi connectivity index (χ1n) is 9.41. The lowest BCUT2D eigenvalue weighted by atomic mass is 9.89. The number of carbonyl (C=O) groups is 1. The van der Waals surface area contributed by atoms with Crippen molar-refractivity contribution in [3.05, 3.63) is 65.7 Å². The third-order valence-electron chi connectivity index (χ3n) is 5.22. The van der Waals surface area contributed by atoms with Crippen LogP contribution >= 0.6 is 12.4 Å². The van der Waals surface area contributed by atoms with Crippen LogP contribution in [0.2, 0.25) is 0 Å². The molecule has 0 aromatic heterocycles. The highest BCUT2D eigenvalue weighted by atomic mass is 35.5. The Bertz CT molecular complexity index is 739. The predicted molar refractivity (Wildman–Crippen MR) is 113 cm³/mol. The largest absolute Gasteiger partial charge is 0.479 e. The minimum absolute atomic E-state index is 0. The van der Waals surface area contributed by atoms with E-state index in [9.17, 15) is 4.79 Å². The van der Waals surface area contributed by atoms with Crippen LogP contribution in [0.25, 0.3) is 0 Å². The molecule has 1 aliphatic rings. The maximum Gasteiger partial charge on any atom is 0.346 e. The number of halogens is 1.